The Morgan fingerprint density at radius 3 is 2.75 bits per heavy atom. The Balaban J connectivity index is 2.52. The van der Waals surface area contributed by atoms with Gasteiger partial charge >= 0.3 is 0 Å². The number of unbranched alkanes of at least 4 members (excludes halogenated alkanes) is 1. The number of hydrogen-bond donors (Lipinski definition) is 2. The molecular weight excluding hydrogens is 250 g/mol. The topological polar surface area (TPSA) is 58.4 Å². The molecule has 0 saturated heterocycles. The Hall–Kier alpha value is -0.610. The van der Waals surface area contributed by atoms with E-state index in [1.54, 1.807) is 0 Å². The molecule has 1 saturated carbocycles. The molecule has 0 bridgehead atoms. The number of likely N-dealkylation sites (N-methyl/N-ethyl adjacent to an activating group) is 1. The smallest absolute Gasteiger partial charge is 0.236 e. The van der Waals surface area contributed by atoms with Crippen molar-refractivity contribution in [3.63, 3.8) is 0 Å². The van der Waals surface area contributed by atoms with Crippen LogP contribution in [0.25, 0.3) is 0 Å². The summed E-state index contributed by atoms with van der Waals surface area (Å²) in [6.07, 6.45) is 7.76. The number of nitrogens with zero attached hydrogens (tertiary/aromatic N) is 1. The summed E-state index contributed by atoms with van der Waals surface area (Å²) < 4.78 is 0. The maximum atomic E-state index is 12.1. The highest BCUT2D eigenvalue weighted by atomic mass is 16.2. The van der Waals surface area contributed by atoms with Gasteiger partial charge in [0.15, 0.2) is 0 Å². The first-order valence-electron chi connectivity index (χ1n) is 8.12. The molecule has 0 aromatic rings. The summed E-state index contributed by atoms with van der Waals surface area (Å²) in [5.74, 6) is 0.745. The number of amides is 1. The molecule has 0 aliphatic heterocycles. The molecule has 1 aliphatic carbocycles. The lowest BCUT2D eigenvalue weighted by Crippen LogP contribution is -2.56. The van der Waals surface area contributed by atoms with Crippen molar-refractivity contribution < 1.29 is 4.79 Å². The van der Waals surface area contributed by atoms with Gasteiger partial charge in [-0.15, -0.1) is 0 Å². The highest BCUT2D eigenvalue weighted by molar-refractivity contribution is 5.81. The maximum absolute atomic E-state index is 12.1. The van der Waals surface area contributed by atoms with E-state index in [4.69, 9.17) is 5.73 Å². The molecule has 1 amide bonds. The van der Waals surface area contributed by atoms with Crippen LogP contribution in [0.2, 0.25) is 0 Å². The molecular formula is C16H33N3O. The molecule has 4 nitrogen and oxygen atoms in total. The van der Waals surface area contributed by atoms with Gasteiger partial charge in [-0.2, -0.15) is 0 Å². The minimum Gasteiger partial charge on any atom is -0.353 e. The average Bonchev–Trinajstić information content (AvgIpc) is 2.41. The number of nitrogens with two attached hydrogens (primary N) is 1. The third kappa shape index (κ3) is 4.74. The predicted molar refractivity (Wildman–Crippen MR) is 84.6 cm³/mol. The molecule has 3 atom stereocenters. The van der Waals surface area contributed by atoms with E-state index in [0.717, 1.165) is 44.6 Å². The van der Waals surface area contributed by atoms with E-state index < -0.39 is 0 Å². The van der Waals surface area contributed by atoms with E-state index >= 15 is 0 Å². The zero-order valence-electron chi connectivity index (χ0n) is 13.7. The number of rotatable bonds is 7. The van der Waals surface area contributed by atoms with E-state index in [0.29, 0.717) is 0 Å². The zero-order valence-corrected chi connectivity index (χ0v) is 13.7. The predicted octanol–water partition coefficient (Wildman–Crippen LogP) is 2.13. The molecule has 0 aromatic carbocycles. The second kappa shape index (κ2) is 7.99. The van der Waals surface area contributed by atoms with Crippen LogP contribution in [0, 0.1) is 5.92 Å². The summed E-state index contributed by atoms with van der Waals surface area (Å²) in [6, 6.07) is -0.352. The van der Waals surface area contributed by atoms with Crippen LogP contribution >= 0.6 is 0 Å². The van der Waals surface area contributed by atoms with Crippen molar-refractivity contribution in [3.05, 3.63) is 0 Å². The highest BCUT2D eigenvalue weighted by Gasteiger charge is 2.37. The minimum absolute atomic E-state index is 0.0119. The van der Waals surface area contributed by atoms with E-state index in [9.17, 15) is 4.79 Å². The van der Waals surface area contributed by atoms with E-state index in [-0.39, 0.29) is 17.5 Å². The van der Waals surface area contributed by atoms with Gasteiger partial charge in [0.25, 0.3) is 0 Å². The van der Waals surface area contributed by atoms with Crippen molar-refractivity contribution in [3.8, 4) is 0 Å². The Morgan fingerprint density at radius 2 is 2.20 bits per heavy atom. The van der Waals surface area contributed by atoms with Crippen molar-refractivity contribution >= 4 is 5.91 Å². The Morgan fingerprint density at radius 1 is 1.50 bits per heavy atom. The van der Waals surface area contributed by atoms with Gasteiger partial charge in [-0.25, -0.2) is 0 Å². The first-order valence-corrected chi connectivity index (χ1v) is 8.12. The van der Waals surface area contributed by atoms with Crippen LogP contribution in [0.15, 0.2) is 0 Å². The van der Waals surface area contributed by atoms with E-state index in [1.807, 2.05) is 0 Å². The molecule has 1 rings (SSSR count). The Labute approximate surface area is 124 Å². The summed E-state index contributed by atoms with van der Waals surface area (Å²) in [5, 5.41) is 3.10. The number of carbonyl (C=O) groups excluding carboxylic acids is 1. The normalized spacial score (nSPS) is 28.4. The lowest BCUT2D eigenvalue weighted by atomic mass is 9.75. The highest BCUT2D eigenvalue weighted by Crippen LogP contribution is 2.35. The summed E-state index contributed by atoms with van der Waals surface area (Å²) >= 11 is 0. The van der Waals surface area contributed by atoms with Crippen LogP contribution in [0.1, 0.15) is 58.8 Å². The van der Waals surface area contributed by atoms with Crippen LogP contribution in [-0.2, 0) is 4.79 Å². The molecule has 3 N–H and O–H groups in total. The molecule has 0 spiro atoms. The quantitative estimate of drug-likeness (QED) is 0.752. The van der Waals surface area contributed by atoms with Crippen molar-refractivity contribution in [2.75, 3.05) is 20.6 Å². The second-order valence-corrected chi connectivity index (χ2v) is 6.79. The van der Waals surface area contributed by atoms with Gasteiger partial charge in [-0.1, -0.05) is 39.5 Å². The second-order valence-electron chi connectivity index (χ2n) is 6.79. The Bertz CT molecular complexity index is 306. The van der Waals surface area contributed by atoms with Gasteiger partial charge in [0, 0.05) is 12.1 Å². The molecule has 3 unspecified atom stereocenters. The minimum atomic E-state index is -0.352. The molecule has 0 radical (unpaired) electrons. The molecule has 0 aromatic heterocycles. The number of nitrogens with one attached hydrogen (secondary N) is 1. The third-order valence-electron chi connectivity index (χ3n) is 4.81. The van der Waals surface area contributed by atoms with Crippen molar-refractivity contribution in [2.24, 2.45) is 11.7 Å². The first kappa shape index (κ1) is 17.4. The average molecular weight is 283 g/mol. The van der Waals surface area contributed by atoms with Crippen LogP contribution in [0.5, 0.6) is 0 Å². The van der Waals surface area contributed by atoms with Crippen LogP contribution in [0.3, 0.4) is 0 Å². The molecule has 1 aliphatic rings. The van der Waals surface area contributed by atoms with E-state index in [1.165, 1.54) is 12.8 Å². The van der Waals surface area contributed by atoms with Crippen molar-refractivity contribution in [1.29, 1.82) is 0 Å². The maximum Gasteiger partial charge on any atom is 0.236 e. The van der Waals surface area contributed by atoms with Crippen molar-refractivity contribution in [1.82, 2.24) is 10.2 Å². The SMILES string of the molecule is CCCCC(N)C(=O)NCC1(N(C)C)CCCC(C)C1. The van der Waals surface area contributed by atoms with Gasteiger partial charge < -0.3 is 16.0 Å². The summed E-state index contributed by atoms with van der Waals surface area (Å²) in [6.45, 7) is 5.16. The largest absolute Gasteiger partial charge is 0.353 e. The van der Waals surface area contributed by atoms with Gasteiger partial charge in [-0.3, -0.25) is 4.79 Å². The van der Waals surface area contributed by atoms with E-state index in [2.05, 4.69) is 38.2 Å². The Kier molecular flexibility index (Phi) is 6.96. The third-order valence-corrected chi connectivity index (χ3v) is 4.81. The fourth-order valence-corrected chi connectivity index (χ4v) is 3.30. The van der Waals surface area contributed by atoms with Gasteiger partial charge in [0.05, 0.1) is 6.04 Å². The lowest BCUT2D eigenvalue weighted by Gasteiger charge is -2.45. The standard InChI is InChI=1S/C16H33N3O/c1-5-6-9-14(17)15(20)18-12-16(19(3)4)10-7-8-13(2)11-16/h13-14H,5-12,17H2,1-4H3,(H,18,20). The molecule has 1 fully saturated rings. The van der Waals surface area contributed by atoms with Crippen LogP contribution in [-0.4, -0.2) is 43.0 Å². The number of hydrogen-bond acceptors (Lipinski definition) is 3. The monoisotopic (exact) mass is 283 g/mol. The fraction of sp³-hybridized carbons (Fsp3) is 0.938. The lowest BCUT2D eigenvalue weighted by molar-refractivity contribution is -0.123. The van der Waals surface area contributed by atoms with Crippen molar-refractivity contribution in [2.45, 2.75) is 70.4 Å². The van der Waals surface area contributed by atoms with Crippen LogP contribution < -0.4 is 11.1 Å². The molecule has 0 heterocycles. The van der Waals surface area contributed by atoms with Gasteiger partial charge in [0.2, 0.25) is 5.91 Å². The number of carbonyl (C=O) groups is 1. The first-order chi connectivity index (χ1) is 9.41. The summed E-state index contributed by atoms with van der Waals surface area (Å²) in [7, 11) is 4.25. The molecule has 20 heavy (non-hydrogen) atoms. The summed E-state index contributed by atoms with van der Waals surface area (Å²) in [4.78, 5) is 14.4. The van der Waals surface area contributed by atoms with Gasteiger partial charge in [0.1, 0.15) is 0 Å². The molecule has 118 valence electrons. The van der Waals surface area contributed by atoms with Crippen LogP contribution in [0.4, 0.5) is 0 Å². The fourth-order valence-electron chi connectivity index (χ4n) is 3.30. The van der Waals surface area contributed by atoms with Gasteiger partial charge in [-0.05, 0) is 39.3 Å². The summed E-state index contributed by atoms with van der Waals surface area (Å²) in [5.41, 5.74) is 6.05. The zero-order chi connectivity index (χ0) is 15.2. The molecule has 4 heteroatoms.